The van der Waals surface area contributed by atoms with Crippen LogP contribution >= 0.6 is 0 Å². The Morgan fingerprint density at radius 1 is 0.907 bits per heavy atom. The summed E-state index contributed by atoms with van der Waals surface area (Å²) in [5.74, 6) is -1.61. The smallest absolute Gasteiger partial charge is 0.508 e. The maximum absolute atomic E-state index is 15.4. The molecule has 5 aliphatic rings. The molecular formula is C57H56FN5O12. The third-order valence-electron chi connectivity index (χ3n) is 15.6. The first-order valence-electron chi connectivity index (χ1n) is 25.4. The zero-order chi connectivity index (χ0) is 52.6. The van der Waals surface area contributed by atoms with Crippen LogP contribution in [0.3, 0.4) is 0 Å². The Morgan fingerprint density at radius 3 is 2.40 bits per heavy atom. The molecule has 6 heterocycles. The number of phenolic OH excluding ortho intramolecular Hbond substituents is 2. The minimum atomic E-state index is -2.02. The van der Waals surface area contributed by atoms with Crippen molar-refractivity contribution in [2.45, 2.75) is 123 Å². The molecule has 0 bridgehead atoms. The van der Waals surface area contributed by atoms with Crippen LogP contribution in [0.2, 0.25) is 0 Å². The van der Waals surface area contributed by atoms with Crippen molar-refractivity contribution in [2.75, 3.05) is 13.1 Å². The number of benzene rings is 4. The Hall–Kier alpha value is -7.83. The lowest BCUT2D eigenvalue weighted by molar-refractivity contribution is -0.172. The number of alkyl carbamates (subject to hydrolysis) is 1. The molecule has 11 rings (SSSR count). The number of aryl methyl sites for hydroxylation is 1. The summed E-state index contributed by atoms with van der Waals surface area (Å²) in [5.41, 5.74) is 6.22. The lowest BCUT2D eigenvalue weighted by atomic mass is 9.81. The number of nitrogens with one attached hydrogen (secondary N) is 1. The molecule has 1 fully saturated rings. The number of halogens is 1. The van der Waals surface area contributed by atoms with E-state index in [1.165, 1.54) is 16.7 Å². The molecule has 18 heteroatoms. The summed E-state index contributed by atoms with van der Waals surface area (Å²) >= 11 is 0. The predicted molar refractivity (Wildman–Crippen MR) is 269 cm³/mol. The van der Waals surface area contributed by atoms with E-state index in [2.05, 4.69) is 22.3 Å². The normalized spacial score (nSPS) is 18.8. The summed E-state index contributed by atoms with van der Waals surface area (Å²) in [4.78, 5) is 75.5. The summed E-state index contributed by atoms with van der Waals surface area (Å²) in [5, 5.41) is 35.9. The quantitative estimate of drug-likeness (QED) is 0.0576. The molecule has 0 radical (unpaired) electrons. The van der Waals surface area contributed by atoms with Gasteiger partial charge in [0.2, 0.25) is 0 Å². The molecule has 75 heavy (non-hydrogen) atoms. The minimum Gasteiger partial charge on any atom is -0.508 e. The predicted octanol–water partition coefficient (Wildman–Crippen LogP) is 8.31. The SMILES string of the molecule is CC[C@@]1(O)C(=O)OCc2c1cc1n(c2=O)Cc2c-1nc1cc(F)c(C)c3c1c2[C@@H](NC(=O)OCc1ccc(OC(=O)OC2CCN(Cc4ccc5c(c4)CN(C(=O)c4cc(C(C)C)c(O)cc4O)C5)CC2)cc1)CC3. The zero-order valence-corrected chi connectivity index (χ0v) is 42.0. The van der Waals surface area contributed by atoms with Crippen molar-refractivity contribution in [1.82, 2.24) is 24.7 Å². The lowest BCUT2D eigenvalue weighted by Gasteiger charge is -2.31. The van der Waals surface area contributed by atoms with Crippen LogP contribution in [0.15, 0.2) is 71.5 Å². The second kappa shape index (κ2) is 19.1. The number of ether oxygens (including phenoxy) is 4. The highest BCUT2D eigenvalue weighted by Gasteiger charge is 2.46. The van der Waals surface area contributed by atoms with Gasteiger partial charge in [0.1, 0.15) is 42.4 Å². The molecule has 2 amide bonds. The monoisotopic (exact) mass is 1020 g/mol. The molecule has 388 valence electrons. The number of carbonyl (C=O) groups is 4. The van der Waals surface area contributed by atoms with E-state index in [9.17, 15) is 39.3 Å². The highest BCUT2D eigenvalue weighted by Crippen LogP contribution is 2.46. The molecule has 1 saturated heterocycles. The van der Waals surface area contributed by atoms with Gasteiger partial charge in [-0.2, -0.15) is 0 Å². The molecule has 4 aromatic carbocycles. The highest BCUT2D eigenvalue weighted by atomic mass is 19.1. The van der Waals surface area contributed by atoms with Crippen molar-refractivity contribution in [2.24, 2.45) is 0 Å². The fourth-order valence-electron chi connectivity index (χ4n) is 11.5. The lowest BCUT2D eigenvalue weighted by Crippen LogP contribution is -2.44. The van der Waals surface area contributed by atoms with Crippen LogP contribution < -0.4 is 15.6 Å². The third kappa shape index (κ3) is 8.88. The number of nitrogens with zero attached hydrogens (tertiary/aromatic N) is 4. The van der Waals surface area contributed by atoms with E-state index in [4.69, 9.17) is 23.9 Å². The van der Waals surface area contributed by atoms with E-state index >= 15 is 4.39 Å². The summed E-state index contributed by atoms with van der Waals surface area (Å²) < 4.78 is 39.0. The van der Waals surface area contributed by atoms with Gasteiger partial charge < -0.3 is 49.1 Å². The molecule has 0 saturated carbocycles. The molecule has 17 nitrogen and oxygen atoms in total. The number of cyclic esters (lactones) is 1. The van der Waals surface area contributed by atoms with E-state index in [1.807, 2.05) is 19.9 Å². The van der Waals surface area contributed by atoms with Crippen molar-refractivity contribution < 1.29 is 57.8 Å². The standard InChI is InChI=1S/C57H56FN5O12/c1-5-57(71)42-20-46-51-40(26-63(46)53(67)41(42)28-72-54(57)68)50-44(13-12-37-30(4)43(58)21-45(59-51)49(37)50)60-55(69)73-27-31-7-10-35(11-8-31)74-56(70)75-36-14-16-61(17-15-36)23-32-6-9-33-24-62(25-34(33)18-32)52(66)39-19-38(29(2)3)47(64)22-48(39)65/h6-11,18-22,29,36,44,64-65,71H,5,12-17,23-28H2,1-4H3,(H,60,69)/t44-,57-/m0/s1. The maximum Gasteiger partial charge on any atom is 0.514 e. The first-order chi connectivity index (χ1) is 36.0. The van der Waals surface area contributed by atoms with E-state index in [1.54, 1.807) is 55.1 Å². The third-order valence-corrected chi connectivity index (χ3v) is 15.6. The Morgan fingerprint density at radius 2 is 1.65 bits per heavy atom. The summed E-state index contributed by atoms with van der Waals surface area (Å²) in [6.45, 7) is 9.80. The largest absolute Gasteiger partial charge is 0.514 e. The van der Waals surface area contributed by atoms with Crippen LogP contribution in [-0.4, -0.2) is 78.0 Å². The number of hydrogen-bond acceptors (Lipinski definition) is 14. The second-order valence-electron chi connectivity index (χ2n) is 20.6. The molecule has 4 N–H and O–H groups in total. The fraction of sp³-hybridized carbons (Fsp3) is 0.368. The number of carbonyl (C=O) groups excluding carboxylic acids is 4. The van der Waals surface area contributed by atoms with Gasteiger partial charge in [-0.3, -0.25) is 14.5 Å². The summed E-state index contributed by atoms with van der Waals surface area (Å²) in [7, 11) is 0. The maximum atomic E-state index is 15.4. The average molecular weight is 1020 g/mol. The molecular weight excluding hydrogens is 966 g/mol. The van der Waals surface area contributed by atoms with Gasteiger partial charge in [0.25, 0.3) is 11.5 Å². The van der Waals surface area contributed by atoms with Gasteiger partial charge >= 0.3 is 18.2 Å². The number of phenols is 2. The molecule has 1 aliphatic carbocycles. The number of piperidine rings is 1. The second-order valence-corrected chi connectivity index (χ2v) is 20.6. The zero-order valence-electron chi connectivity index (χ0n) is 42.0. The Bertz CT molecular complexity index is 3440. The van der Waals surface area contributed by atoms with Crippen molar-refractivity contribution in [3.8, 4) is 28.6 Å². The van der Waals surface area contributed by atoms with Crippen molar-refractivity contribution >= 4 is 35.0 Å². The topological polar surface area (TPSA) is 219 Å². The fourth-order valence-corrected chi connectivity index (χ4v) is 11.5. The minimum absolute atomic E-state index is 0.0192. The van der Waals surface area contributed by atoms with Crippen LogP contribution in [0.4, 0.5) is 14.0 Å². The highest BCUT2D eigenvalue weighted by molar-refractivity contribution is 5.98. The van der Waals surface area contributed by atoms with Crippen molar-refractivity contribution in [3.05, 3.63) is 150 Å². The number of rotatable bonds is 10. The Kier molecular flexibility index (Phi) is 12.6. The summed E-state index contributed by atoms with van der Waals surface area (Å²) in [6, 6.07) is 17.9. The van der Waals surface area contributed by atoms with Crippen molar-refractivity contribution in [1.29, 1.82) is 0 Å². The van der Waals surface area contributed by atoms with E-state index in [0.717, 1.165) is 22.3 Å². The van der Waals surface area contributed by atoms with Gasteiger partial charge in [0.15, 0.2) is 5.60 Å². The van der Waals surface area contributed by atoms with Gasteiger partial charge in [-0.1, -0.05) is 51.1 Å². The van der Waals surface area contributed by atoms with Gasteiger partial charge in [0.05, 0.1) is 40.6 Å². The number of amides is 2. The number of hydrogen-bond donors (Lipinski definition) is 4. The molecule has 2 atom stereocenters. The van der Waals surface area contributed by atoms with Crippen LogP contribution in [-0.2, 0) is 70.4 Å². The van der Waals surface area contributed by atoms with Crippen LogP contribution in [0, 0.1) is 12.7 Å². The van der Waals surface area contributed by atoms with Gasteiger partial charge in [-0.25, -0.2) is 23.8 Å². The van der Waals surface area contributed by atoms with E-state index < -0.39 is 41.2 Å². The first kappa shape index (κ1) is 49.4. The number of pyridine rings is 2. The van der Waals surface area contributed by atoms with Gasteiger partial charge in [-0.15, -0.1) is 0 Å². The Balaban J connectivity index is 0.675. The van der Waals surface area contributed by atoms with Crippen LogP contribution in [0.25, 0.3) is 22.3 Å². The molecule has 0 unspecified atom stereocenters. The van der Waals surface area contributed by atoms with E-state index in [-0.39, 0.29) is 78.0 Å². The first-order valence-corrected chi connectivity index (χ1v) is 25.4. The number of aliphatic hydroxyl groups is 1. The number of esters is 1. The van der Waals surface area contributed by atoms with Gasteiger partial charge in [-0.05, 0) is 114 Å². The number of fused-ring (bicyclic) bond motifs is 6. The van der Waals surface area contributed by atoms with Crippen molar-refractivity contribution in [3.63, 3.8) is 0 Å². The van der Waals surface area contributed by atoms with Crippen LogP contribution in [0.5, 0.6) is 17.2 Å². The average Bonchev–Trinajstić information content (AvgIpc) is 4.02. The Labute approximate surface area is 430 Å². The molecule has 0 spiro atoms. The number of aromatic hydroxyl groups is 2. The van der Waals surface area contributed by atoms with Gasteiger partial charge in [0, 0.05) is 61.4 Å². The summed E-state index contributed by atoms with van der Waals surface area (Å²) in [6.07, 6.45) is 0.231. The number of aromatic nitrogens is 2. The molecule has 2 aromatic heterocycles. The number of likely N-dealkylation sites (tertiary alicyclic amines) is 1. The van der Waals surface area contributed by atoms with E-state index in [0.29, 0.717) is 109 Å². The van der Waals surface area contributed by atoms with Crippen LogP contribution in [0.1, 0.15) is 130 Å². The molecule has 4 aliphatic heterocycles. The molecule has 6 aromatic rings.